The number of aromatic nitrogens is 4. The molecule has 4 N–H and O–H groups in total. The molecule has 0 bridgehead atoms. The second-order valence-electron chi connectivity index (χ2n) is 9.16. The van der Waals surface area contributed by atoms with Gasteiger partial charge in [-0.3, -0.25) is 0 Å². The summed E-state index contributed by atoms with van der Waals surface area (Å²) < 4.78 is 16.5. The molecule has 3 unspecified atom stereocenters. The van der Waals surface area contributed by atoms with Crippen molar-refractivity contribution in [2.75, 3.05) is 5.73 Å². The number of aliphatic hydroxyl groups excluding tert-OH is 2. The molecule has 0 spiro atoms. The van der Waals surface area contributed by atoms with E-state index in [0.29, 0.717) is 35.2 Å². The molecule has 2 aliphatic carbocycles. The third-order valence-corrected chi connectivity index (χ3v) is 7.19. The Hall–Kier alpha value is -3.07. The van der Waals surface area contributed by atoms with E-state index in [0.717, 1.165) is 35.1 Å². The average Bonchev–Trinajstić information content (AvgIpc) is 3.52. The molecule has 3 aromatic heterocycles. The van der Waals surface area contributed by atoms with Gasteiger partial charge in [-0.15, -0.1) is 0 Å². The lowest BCUT2D eigenvalue weighted by atomic mass is 10.0. The van der Waals surface area contributed by atoms with Crippen LogP contribution in [-0.2, 0) is 6.42 Å². The van der Waals surface area contributed by atoms with Crippen LogP contribution in [0.4, 0.5) is 10.2 Å². The van der Waals surface area contributed by atoms with Crippen LogP contribution < -0.4 is 5.73 Å². The van der Waals surface area contributed by atoms with Gasteiger partial charge >= 0.3 is 0 Å². The Morgan fingerprint density at radius 3 is 2.74 bits per heavy atom. The molecular weight excluding hydrogens is 457 g/mol. The normalized spacial score (nSPS) is 22.6. The van der Waals surface area contributed by atoms with Crippen molar-refractivity contribution in [1.82, 2.24) is 19.5 Å². The van der Waals surface area contributed by atoms with Gasteiger partial charge in [-0.25, -0.2) is 19.3 Å². The molecule has 1 saturated carbocycles. The van der Waals surface area contributed by atoms with Crippen molar-refractivity contribution in [2.24, 2.45) is 0 Å². The summed E-state index contributed by atoms with van der Waals surface area (Å²) in [6.07, 6.45) is 6.55. The summed E-state index contributed by atoms with van der Waals surface area (Å²) in [6.45, 7) is 0. The number of aliphatic hydroxyl groups is 2. The number of aryl methyl sites for hydroxylation is 1. The van der Waals surface area contributed by atoms with E-state index in [1.165, 1.54) is 12.1 Å². The number of hydrogen-bond donors (Lipinski definition) is 3. The van der Waals surface area contributed by atoms with Crippen LogP contribution >= 0.6 is 11.6 Å². The zero-order chi connectivity index (χ0) is 23.6. The molecule has 7 nitrogen and oxygen atoms in total. The minimum absolute atomic E-state index is 0.151. The zero-order valence-electron chi connectivity index (χ0n) is 18.2. The number of nitrogen functional groups attached to an aromatic ring is 1. The van der Waals surface area contributed by atoms with Gasteiger partial charge in [-0.1, -0.05) is 17.7 Å². The van der Waals surface area contributed by atoms with Crippen LogP contribution in [0.3, 0.4) is 0 Å². The highest BCUT2D eigenvalue weighted by Crippen LogP contribution is 2.42. The lowest BCUT2D eigenvalue weighted by molar-refractivity contribution is 0.0317. The van der Waals surface area contributed by atoms with Crippen molar-refractivity contribution >= 4 is 39.4 Å². The first-order valence-electron chi connectivity index (χ1n) is 11.3. The SMILES string of the molecule is Nc1nc2cc(CCC3=CC(n4ccc5c(C6CC6)ncnc54)C(O)C3O)cc(F)c2cc1Cl. The largest absolute Gasteiger partial charge is 0.388 e. The minimum atomic E-state index is -1.01. The monoisotopic (exact) mass is 479 g/mol. The molecule has 1 aromatic carbocycles. The van der Waals surface area contributed by atoms with Crippen LogP contribution in [0.2, 0.25) is 5.02 Å². The highest BCUT2D eigenvalue weighted by atomic mass is 35.5. The first kappa shape index (κ1) is 21.5. The van der Waals surface area contributed by atoms with Crippen molar-refractivity contribution in [1.29, 1.82) is 0 Å². The van der Waals surface area contributed by atoms with Crippen LogP contribution in [0.1, 0.15) is 42.5 Å². The third kappa shape index (κ3) is 3.53. The maximum Gasteiger partial charge on any atom is 0.144 e. The molecule has 0 radical (unpaired) electrons. The van der Waals surface area contributed by atoms with Gasteiger partial charge in [0, 0.05) is 22.9 Å². The van der Waals surface area contributed by atoms with E-state index in [1.54, 1.807) is 12.4 Å². The number of nitrogens with zero attached hydrogens (tertiary/aromatic N) is 4. The standard InChI is InChI=1S/C25H23ClFN5O2/c26-17-10-16-18(27)7-12(8-19(16)31-24(17)28)1-2-14-9-20(23(34)22(14)33)32-6-5-15-21(13-3-4-13)29-11-30-25(15)32/h5-11,13,20,22-23,33-34H,1-4H2,(H2,28,31). The Bertz CT molecular complexity index is 1460. The summed E-state index contributed by atoms with van der Waals surface area (Å²) in [5.74, 6) is 0.207. The molecule has 2 aliphatic rings. The molecule has 9 heteroatoms. The quantitative estimate of drug-likeness (QED) is 0.372. The van der Waals surface area contributed by atoms with Crippen molar-refractivity contribution in [3.05, 3.63) is 70.5 Å². The fourth-order valence-corrected chi connectivity index (χ4v) is 5.07. The van der Waals surface area contributed by atoms with Crippen LogP contribution in [-0.4, -0.2) is 41.9 Å². The Labute approximate surface area is 199 Å². The summed E-state index contributed by atoms with van der Waals surface area (Å²) in [5.41, 5.74) is 9.44. The van der Waals surface area contributed by atoms with E-state index in [4.69, 9.17) is 17.3 Å². The first-order valence-corrected chi connectivity index (χ1v) is 11.7. The summed E-state index contributed by atoms with van der Waals surface area (Å²) >= 11 is 5.97. The first-order chi connectivity index (χ1) is 16.4. The van der Waals surface area contributed by atoms with Gasteiger partial charge < -0.3 is 20.5 Å². The number of benzene rings is 1. The molecule has 0 aliphatic heterocycles. The van der Waals surface area contributed by atoms with Crippen LogP contribution in [0, 0.1) is 5.82 Å². The van der Waals surface area contributed by atoms with Crippen molar-refractivity contribution in [3.63, 3.8) is 0 Å². The molecule has 4 aromatic rings. The average molecular weight is 480 g/mol. The number of rotatable bonds is 5. The second kappa shape index (κ2) is 8.01. The van der Waals surface area contributed by atoms with E-state index >= 15 is 0 Å². The third-order valence-electron chi connectivity index (χ3n) is 6.89. The Kier molecular flexibility index (Phi) is 5.05. The Morgan fingerprint density at radius 2 is 1.94 bits per heavy atom. The molecule has 6 rings (SSSR count). The van der Waals surface area contributed by atoms with Crippen molar-refractivity contribution in [2.45, 2.75) is 49.9 Å². The van der Waals surface area contributed by atoms with Gasteiger partial charge in [0.05, 0.1) is 22.3 Å². The Balaban J connectivity index is 1.27. The van der Waals surface area contributed by atoms with E-state index < -0.39 is 24.1 Å². The number of halogens is 2. The van der Waals surface area contributed by atoms with Crippen molar-refractivity contribution in [3.8, 4) is 0 Å². The molecule has 3 atom stereocenters. The molecule has 0 saturated heterocycles. The second-order valence-corrected chi connectivity index (χ2v) is 9.57. The maximum atomic E-state index is 14.6. The van der Waals surface area contributed by atoms with E-state index in [1.807, 2.05) is 22.9 Å². The highest BCUT2D eigenvalue weighted by Gasteiger charge is 2.36. The number of hydrogen-bond acceptors (Lipinski definition) is 6. The van der Waals surface area contributed by atoms with Gasteiger partial charge in [-0.2, -0.15) is 0 Å². The van der Waals surface area contributed by atoms with E-state index in [-0.39, 0.29) is 10.8 Å². The molecule has 174 valence electrons. The molecule has 3 heterocycles. The maximum absolute atomic E-state index is 14.6. The fraction of sp³-hybridized carbons (Fsp3) is 0.320. The molecule has 34 heavy (non-hydrogen) atoms. The zero-order valence-corrected chi connectivity index (χ0v) is 19.0. The number of fused-ring (bicyclic) bond motifs is 2. The minimum Gasteiger partial charge on any atom is -0.388 e. The number of anilines is 1. The molecular formula is C25H23ClFN5O2. The number of pyridine rings is 1. The lowest BCUT2D eigenvalue weighted by Gasteiger charge is -2.19. The van der Waals surface area contributed by atoms with Gasteiger partial charge in [0.1, 0.15) is 35.8 Å². The predicted octanol–water partition coefficient (Wildman–Crippen LogP) is 4.07. The van der Waals surface area contributed by atoms with Gasteiger partial charge in [0.15, 0.2) is 0 Å². The lowest BCUT2D eigenvalue weighted by Crippen LogP contribution is -2.29. The summed E-state index contributed by atoms with van der Waals surface area (Å²) in [6, 6.07) is 6.24. The predicted molar refractivity (Wildman–Crippen MR) is 128 cm³/mol. The van der Waals surface area contributed by atoms with Crippen LogP contribution in [0.5, 0.6) is 0 Å². The van der Waals surface area contributed by atoms with Gasteiger partial charge in [-0.05, 0) is 61.1 Å². The number of nitrogens with two attached hydrogens (primary N) is 1. The highest BCUT2D eigenvalue weighted by molar-refractivity contribution is 6.33. The smallest absolute Gasteiger partial charge is 0.144 e. The molecule has 0 amide bonds. The van der Waals surface area contributed by atoms with Crippen LogP contribution in [0.25, 0.3) is 21.9 Å². The topological polar surface area (TPSA) is 110 Å². The van der Waals surface area contributed by atoms with Gasteiger partial charge in [0.25, 0.3) is 0 Å². The molecule has 1 fully saturated rings. The van der Waals surface area contributed by atoms with Crippen LogP contribution in [0.15, 0.2) is 48.4 Å². The van der Waals surface area contributed by atoms with Gasteiger partial charge in [0.2, 0.25) is 0 Å². The summed E-state index contributed by atoms with van der Waals surface area (Å²) in [4.78, 5) is 13.1. The van der Waals surface area contributed by atoms with E-state index in [2.05, 4.69) is 15.0 Å². The summed E-state index contributed by atoms with van der Waals surface area (Å²) in [5, 5.41) is 23.1. The Morgan fingerprint density at radius 1 is 1.12 bits per heavy atom. The van der Waals surface area contributed by atoms with Crippen molar-refractivity contribution < 1.29 is 14.6 Å². The fourth-order valence-electron chi connectivity index (χ4n) is 4.92. The van der Waals surface area contributed by atoms with E-state index in [9.17, 15) is 14.6 Å². The summed E-state index contributed by atoms with van der Waals surface area (Å²) in [7, 11) is 0.